The predicted molar refractivity (Wildman–Crippen MR) is 87.6 cm³/mol. The highest BCUT2D eigenvalue weighted by atomic mass is 35.5. The topological polar surface area (TPSA) is 21.7 Å². The highest BCUT2D eigenvalue weighted by Gasteiger charge is 2.23. The second-order valence-corrected chi connectivity index (χ2v) is 6.94. The van der Waals surface area contributed by atoms with Crippen molar-refractivity contribution in [3.8, 4) is 11.5 Å². The van der Waals surface area contributed by atoms with Crippen LogP contribution in [0.4, 0.5) is 0 Å². The first-order chi connectivity index (χ1) is 9.96. The number of benzene rings is 1. The van der Waals surface area contributed by atoms with Crippen molar-refractivity contribution in [2.75, 3.05) is 25.5 Å². The third-order valence-electron chi connectivity index (χ3n) is 3.39. The van der Waals surface area contributed by atoms with Gasteiger partial charge in [-0.3, -0.25) is 4.90 Å². The lowest BCUT2D eigenvalue weighted by Gasteiger charge is -2.21. The van der Waals surface area contributed by atoms with Crippen LogP contribution in [0.15, 0.2) is 24.3 Å². The van der Waals surface area contributed by atoms with Gasteiger partial charge >= 0.3 is 0 Å². The van der Waals surface area contributed by atoms with Crippen LogP contribution in [0.3, 0.4) is 0 Å². The summed E-state index contributed by atoms with van der Waals surface area (Å²) in [7, 11) is 0. The molecule has 1 aromatic carbocycles. The lowest BCUT2D eigenvalue weighted by atomic mass is 10.2. The molecule has 4 heteroatoms. The molecule has 1 atom stereocenters. The van der Waals surface area contributed by atoms with Gasteiger partial charge in [-0.05, 0) is 64.4 Å². The second-order valence-electron chi connectivity index (χ2n) is 6.56. The van der Waals surface area contributed by atoms with E-state index in [1.807, 2.05) is 45.0 Å². The number of hydrogen-bond acceptors (Lipinski definition) is 3. The highest BCUT2D eigenvalue weighted by molar-refractivity contribution is 6.17. The first-order valence-electron chi connectivity index (χ1n) is 7.70. The van der Waals surface area contributed by atoms with Crippen molar-refractivity contribution in [3.05, 3.63) is 24.3 Å². The van der Waals surface area contributed by atoms with Gasteiger partial charge in [0.1, 0.15) is 23.2 Å². The fourth-order valence-corrected chi connectivity index (χ4v) is 2.63. The Balaban J connectivity index is 1.81. The maximum atomic E-state index is 6.04. The number of nitrogens with zero attached hydrogens (tertiary/aromatic N) is 1. The van der Waals surface area contributed by atoms with Crippen molar-refractivity contribution in [3.63, 3.8) is 0 Å². The summed E-state index contributed by atoms with van der Waals surface area (Å²) in [6.07, 6.45) is 2.42. The quantitative estimate of drug-likeness (QED) is 0.743. The summed E-state index contributed by atoms with van der Waals surface area (Å²) in [4.78, 5) is 2.42. The van der Waals surface area contributed by atoms with E-state index in [1.165, 1.54) is 0 Å². The van der Waals surface area contributed by atoms with E-state index in [0.717, 1.165) is 49.9 Å². The average molecular weight is 312 g/mol. The lowest BCUT2D eigenvalue weighted by molar-refractivity contribution is 0.130. The van der Waals surface area contributed by atoms with Crippen molar-refractivity contribution >= 4 is 11.6 Å². The number of hydrogen-bond donors (Lipinski definition) is 0. The molecule has 0 aromatic heterocycles. The van der Waals surface area contributed by atoms with E-state index >= 15 is 0 Å². The van der Waals surface area contributed by atoms with Crippen LogP contribution in [-0.4, -0.2) is 42.1 Å². The van der Waals surface area contributed by atoms with Crippen molar-refractivity contribution in [2.45, 2.75) is 45.3 Å². The minimum Gasteiger partial charge on any atom is -0.489 e. The third-order valence-corrected chi connectivity index (χ3v) is 3.65. The minimum absolute atomic E-state index is 0.170. The molecule has 1 saturated heterocycles. The summed E-state index contributed by atoms with van der Waals surface area (Å²) in [6, 6.07) is 7.92. The maximum Gasteiger partial charge on any atom is 0.120 e. The summed E-state index contributed by atoms with van der Waals surface area (Å²) in [6.45, 7) is 9.31. The van der Waals surface area contributed by atoms with E-state index in [2.05, 4.69) is 4.90 Å². The largest absolute Gasteiger partial charge is 0.489 e. The van der Waals surface area contributed by atoms with Crippen molar-refractivity contribution < 1.29 is 9.47 Å². The molecule has 1 heterocycles. The van der Waals surface area contributed by atoms with E-state index in [0.29, 0.717) is 0 Å². The summed E-state index contributed by atoms with van der Waals surface area (Å²) in [5.74, 6) is 2.53. The highest BCUT2D eigenvalue weighted by Crippen LogP contribution is 2.24. The third kappa shape index (κ3) is 5.76. The molecule has 0 bridgehead atoms. The predicted octanol–water partition coefficient (Wildman–Crippen LogP) is 3.95. The van der Waals surface area contributed by atoms with Gasteiger partial charge in [0.05, 0.1) is 0 Å². The lowest BCUT2D eigenvalue weighted by Crippen LogP contribution is -2.26. The zero-order valence-corrected chi connectivity index (χ0v) is 14.0. The molecule has 1 aliphatic heterocycles. The van der Waals surface area contributed by atoms with Crippen LogP contribution in [0, 0.1) is 0 Å². The van der Waals surface area contributed by atoms with Gasteiger partial charge in [-0.25, -0.2) is 0 Å². The number of rotatable bonds is 6. The Bertz CT molecular complexity index is 427. The molecule has 21 heavy (non-hydrogen) atoms. The SMILES string of the molecule is CC(C)(C)Oc1ccc(O[C@@H]2CCN(CCCCl)C2)cc1. The van der Waals surface area contributed by atoms with Crippen LogP contribution in [-0.2, 0) is 0 Å². The molecule has 0 aliphatic carbocycles. The van der Waals surface area contributed by atoms with Gasteiger partial charge in [-0.1, -0.05) is 0 Å². The Morgan fingerprint density at radius 2 is 1.86 bits per heavy atom. The van der Waals surface area contributed by atoms with Crippen LogP contribution >= 0.6 is 11.6 Å². The van der Waals surface area contributed by atoms with Crippen molar-refractivity contribution in [1.82, 2.24) is 4.90 Å². The molecule has 0 spiro atoms. The van der Waals surface area contributed by atoms with Gasteiger partial charge in [0.25, 0.3) is 0 Å². The number of likely N-dealkylation sites (tertiary alicyclic amines) is 1. The van der Waals surface area contributed by atoms with E-state index < -0.39 is 0 Å². The van der Waals surface area contributed by atoms with Gasteiger partial charge in [0.2, 0.25) is 0 Å². The Morgan fingerprint density at radius 1 is 1.19 bits per heavy atom. The molecule has 0 N–H and O–H groups in total. The first kappa shape index (κ1) is 16.4. The average Bonchev–Trinajstić information content (AvgIpc) is 2.85. The zero-order valence-electron chi connectivity index (χ0n) is 13.3. The normalized spacial score (nSPS) is 19.7. The number of halogens is 1. The summed E-state index contributed by atoms with van der Waals surface area (Å²) in [5.41, 5.74) is -0.170. The van der Waals surface area contributed by atoms with Crippen LogP contribution in [0.2, 0.25) is 0 Å². The monoisotopic (exact) mass is 311 g/mol. The molecule has 1 fully saturated rings. The fourth-order valence-electron chi connectivity index (χ4n) is 2.51. The molecule has 0 saturated carbocycles. The summed E-state index contributed by atoms with van der Waals surface area (Å²) < 4.78 is 11.9. The van der Waals surface area contributed by atoms with E-state index in [1.54, 1.807) is 0 Å². The van der Waals surface area contributed by atoms with Crippen molar-refractivity contribution in [2.24, 2.45) is 0 Å². The molecule has 1 aliphatic rings. The van der Waals surface area contributed by atoms with E-state index in [4.69, 9.17) is 21.1 Å². The minimum atomic E-state index is -0.170. The van der Waals surface area contributed by atoms with Gasteiger partial charge < -0.3 is 9.47 Å². The van der Waals surface area contributed by atoms with Gasteiger partial charge in [0.15, 0.2) is 0 Å². The maximum absolute atomic E-state index is 6.04. The summed E-state index contributed by atoms with van der Waals surface area (Å²) in [5, 5.41) is 0. The van der Waals surface area contributed by atoms with Crippen LogP contribution in [0.1, 0.15) is 33.6 Å². The second kappa shape index (κ2) is 7.37. The fraction of sp³-hybridized carbons (Fsp3) is 0.647. The Hall–Kier alpha value is -0.930. The molecule has 0 amide bonds. The van der Waals surface area contributed by atoms with E-state index in [-0.39, 0.29) is 11.7 Å². The molecular weight excluding hydrogens is 286 g/mol. The van der Waals surface area contributed by atoms with Crippen LogP contribution < -0.4 is 9.47 Å². The van der Waals surface area contributed by atoms with Crippen molar-refractivity contribution in [1.29, 1.82) is 0 Å². The molecule has 0 unspecified atom stereocenters. The smallest absolute Gasteiger partial charge is 0.120 e. The van der Waals surface area contributed by atoms with Gasteiger partial charge in [0, 0.05) is 19.0 Å². The van der Waals surface area contributed by atoms with Crippen LogP contribution in [0.5, 0.6) is 11.5 Å². The Morgan fingerprint density at radius 3 is 2.48 bits per heavy atom. The van der Waals surface area contributed by atoms with Crippen LogP contribution in [0.25, 0.3) is 0 Å². The molecule has 0 radical (unpaired) electrons. The molecule has 2 rings (SSSR count). The molecule has 1 aromatic rings. The summed E-state index contributed by atoms with van der Waals surface area (Å²) >= 11 is 5.74. The number of alkyl halides is 1. The van der Waals surface area contributed by atoms with Gasteiger partial charge in [-0.15, -0.1) is 11.6 Å². The molecular formula is C17H26ClNO2. The molecule has 3 nitrogen and oxygen atoms in total. The Labute approximate surface area is 133 Å². The van der Waals surface area contributed by atoms with Gasteiger partial charge in [-0.2, -0.15) is 0 Å². The Kier molecular flexibility index (Phi) is 5.77. The first-order valence-corrected chi connectivity index (χ1v) is 8.24. The zero-order chi connectivity index (χ0) is 15.3. The van der Waals surface area contributed by atoms with E-state index in [9.17, 15) is 0 Å². The number of ether oxygens (including phenoxy) is 2. The standard InChI is InChI=1S/C17H26ClNO2/c1-17(2,3)21-15-7-5-14(6-8-15)20-16-9-12-19(13-16)11-4-10-18/h5-8,16H,4,9-13H2,1-3H3/t16-/m1/s1. The molecule has 118 valence electrons.